The van der Waals surface area contributed by atoms with E-state index in [0.717, 1.165) is 10.9 Å². The normalized spacial score (nSPS) is 13.2. The van der Waals surface area contributed by atoms with Gasteiger partial charge in [0.2, 0.25) is 0 Å². The van der Waals surface area contributed by atoms with Crippen molar-refractivity contribution in [2.75, 3.05) is 31.0 Å². The fraction of sp³-hybridized carbons (Fsp3) is 0.200. The van der Waals surface area contributed by atoms with Gasteiger partial charge in [0, 0.05) is 35.0 Å². The molecule has 0 radical (unpaired) electrons. The predicted octanol–water partition coefficient (Wildman–Crippen LogP) is 5.82. The first kappa shape index (κ1) is 30.0. The molecule has 0 aliphatic rings. The molecule has 0 amide bonds. The second-order valence-electron chi connectivity index (χ2n) is 8.95. The summed E-state index contributed by atoms with van der Waals surface area (Å²) < 4.78 is 39.3. The Morgan fingerprint density at radius 2 is 1.51 bits per heavy atom. The fourth-order valence-corrected chi connectivity index (χ4v) is 5.41. The number of methoxy groups -OCH3 is 3. The lowest BCUT2D eigenvalue weighted by Crippen LogP contribution is -2.33. The minimum Gasteiger partial charge on any atom is -0.467 e. The molecule has 1 unspecified atom stereocenters. The Labute approximate surface area is 245 Å². The van der Waals surface area contributed by atoms with Crippen LogP contribution in [0.5, 0.6) is 0 Å². The van der Waals surface area contributed by atoms with Crippen LogP contribution in [0.15, 0.2) is 84.9 Å². The van der Waals surface area contributed by atoms with E-state index in [2.05, 4.69) is 5.32 Å². The number of nitrogens with zero attached hydrogens (tertiary/aromatic N) is 1. The zero-order chi connectivity index (χ0) is 29.5. The van der Waals surface area contributed by atoms with Crippen LogP contribution in [-0.4, -0.2) is 48.1 Å². The lowest BCUT2D eigenvalue weighted by Gasteiger charge is -2.25. The molecule has 0 saturated carbocycles. The molecular formula is C30H29ClN2O7S. The van der Waals surface area contributed by atoms with E-state index in [1.165, 1.54) is 25.6 Å². The van der Waals surface area contributed by atoms with Gasteiger partial charge >= 0.3 is 11.9 Å². The number of ether oxygens (including phenoxy) is 3. The molecular weight excluding hydrogens is 568 g/mol. The number of fused-ring (bicyclic) bond motifs is 1. The Kier molecular flexibility index (Phi) is 9.95. The van der Waals surface area contributed by atoms with E-state index in [0.29, 0.717) is 33.0 Å². The minimum absolute atomic E-state index is 0.287. The average molecular weight is 597 g/mol. The van der Waals surface area contributed by atoms with Gasteiger partial charge in [0.25, 0.3) is 11.3 Å². The number of rotatable bonds is 11. The monoisotopic (exact) mass is 596 g/mol. The van der Waals surface area contributed by atoms with Gasteiger partial charge in [-0.15, -0.1) is 0 Å². The lowest BCUT2D eigenvalue weighted by molar-refractivity contribution is -0.152. The van der Waals surface area contributed by atoms with E-state index in [9.17, 15) is 18.4 Å². The summed E-state index contributed by atoms with van der Waals surface area (Å²) in [7, 11) is 3.99. The van der Waals surface area contributed by atoms with Crippen molar-refractivity contribution < 1.29 is 32.6 Å². The van der Waals surface area contributed by atoms with Crippen LogP contribution >= 0.6 is 11.6 Å². The number of nitrogens with one attached hydrogen (secondary N) is 1. The summed E-state index contributed by atoms with van der Waals surface area (Å²) >= 11 is 3.90. The fourth-order valence-electron chi connectivity index (χ4n) is 4.57. The zero-order valence-electron chi connectivity index (χ0n) is 22.6. The van der Waals surface area contributed by atoms with Gasteiger partial charge in [-0.1, -0.05) is 66.2 Å². The summed E-state index contributed by atoms with van der Waals surface area (Å²) in [5, 5.41) is 5.20. The van der Waals surface area contributed by atoms with Crippen molar-refractivity contribution in [2.45, 2.75) is 18.6 Å². The first-order chi connectivity index (χ1) is 19.8. The topological polar surface area (TPSA) is 114 Å². The number of hydrogen-bond acceptors (Lipinski definition) is 7. The van der Waals surface area contributed by atoms with E-state index >= 15 is 0 Å². The standard InChI is InChI=1S/C30H29ClN2O7S/c1-38-28(30(35)40-3)19-12-14-21(15-13-19)33(41(36)37)27-17-16-25(22-9-5-6-10-23(22)27)32-26(29(34)39-2)18-20-8-4-7-11-24(20)31/h4-17,26,28,32H,18H2,1-3H3,(H,36,37)/t26-,28-/m0/s1. The van der Waals surface area contributed by atoms with E-state index < -0.39 is 35.4 Å². The molecule has 214 valence electrons. The highest BCUT2D eigenvalue weighted by molar-refractivity contribution is 7.81. The molecule has 11 heteroatoms. The van der Waals surface area contributed by atoms with Crippen LogP contribution in [0.25, 0.3) is 10.8 Å². The molecule has 0 aliphatic heterocycles. The SMILES string of the molecule is COC(=O)[C@H](Cc1ccccc1Cl)Nc1ccc(N(c2ccc([C@H](OC)C(=O)OC)cc2)S(=O)O)c2ccccc12. The Balaban J connectivity index is 1.72. The Morgan fingerprint density at radius 1 is 0.878 bits per heavy atom. The van der Waals surface area contributed by atoms with Crippen LogP contribution in [0.1, 0.15) is 17.2 Å². The Bertz CT molecular complexity index is 1560. The van der Waals surface area contributed by atoms with Gasteiger partial charge in [0.15, 0.2) is 6.10 Å². The highest BCUT2D eigenvalue weighted by Crippen LogP contribution is 2.38. The quantitative estimate of drug-likeness (QED) is 0.164. The summed E-state index contributed by atoms with van der Waals surface area (Å²) in [5.74, 6) is -1.02. The number of esters is 2. The van der Waals surface area contributed by atoms with E-state index in [1.807, 2.05) is 42.5 Å². The van der Waals surface area contributed by atoms with Gasteiger partial charge in [0.05, 0.1) is 25.6 Å². The second-order valence-corrected chi connectivity index (χ2v) is 10.2. The van der Waals surface area contributed by atoms with Gasteiger partial charge in [-0.25, -0.2) is 18.1 Å². The molecule has 3 atom stereocenters. The molecule has 4 aromatic rings. The molecule has 0 bridgehead atoms. The van der Waals surface area contributed by atoms with E-state index in [-0.39, 0.29) is 6.42 Å². The van der Waals surface area contributed by atoms with Crippen molar-refractivity contribution in [2.24, 2.45) is 0 Å². The lowest BCUT2D eigenvalue weighted by atomic mass is 10.0. The Hall–Kier alpha value is -3.96. The largest absolute Gasteiger partial charge is 0.467 e. The maximum absolute atomic E-state index is 12.7. The van der Waals surface area contributed by atoms with Crippen LogP contribution in [0.4, 0.5) is 17.1 Å². The van der Waals surface area contributed by atoms with E-state index in [1.54, 1.807) is 42.5 Å². The average Bonchev–Trinajstić information content (AvgIpc) is 2.99. The number of carbonyl (C=O) groups is 2. The van der Waals surface area contributed by atoms with Crippen LogP contribution in [-0.2, 0) is 41.5 Å². The molecule has 0 aromatic heterocycles. The first-order valence-corrected chi connectivity index (χ1v) is 13.9. The van der Waals surface area contributed by atoms with Gasteiger partial charge in [-0.3, -0.25) is 4.55 Å². The number of benzene rings is 4. The molecule has 0 saturated heterocycles. The molecule has 41 heavy (non-hydrogen) atoms. The van der Waals surface area contributed by atoms with Crippen molar-refractivity contribution in [3.05, 3.63) is 101 Å². The minimum atomic E-state index is -2.44. The molecule has 4 aromatic carbocycles. The van der Waals surface area contributed by atoms with Crippen molar-refractivity contribution in [1.82, 2.24) is 0 Å². The van der Waals surface area contributed by atoms with Gasteiger partial charge in [-0.2, -0.15) is 0 Å². The highest BCUT2D eigenvalue weighted by atomic mass is 35.5. The van der Waals surface area contributed by atoms with Crippen molar-refractivity contribution in [3.8, 4) is 0 Å². The molecule has 0 fully saturated rings. The number of halogens is 1. The molecule has 0 heterocycles. The number of hydrogen-bond donors (Lipinski definition) is 2. The molecule has 0 spiro atoms. The van der Waals surface area contributed by atoms with Crippen molar-refractivity contribution in [3.63, 3.8) is 0 Å². The maximum Gasteiger partial charge on any atom is 0.339 e. The summed E-state index contributed by atoms with van der Waals surface area (Å²) in [6.07, 6.45) is -0.642. The maximum atomic E-state index is 12.7. The number of anilines is 3. The van der Waals surface area contributed by atoms with Crippen LogP contribution in [0.2, 0.25) is 5.02 Å². The Morgan fingerprint density at radius 3 is 2.12 bits per heavy atom. The van der Waals surface area contributed by atoms with Crippen LogP contribution in [0, 0.1) is 0 Å². The molecule has 2 N–H and O–H groups in total. The third-order valence-electron chi connectivity index (χ3n) is 6.55. The van der Waals surface area contributed by atoms with E-state index in [4.69, 9.17) is 25.8 Å². The zero-order valence-corrected chi connectivity index (χ0v) is 24.1. The van der Waals surface area contributed by atoms with Gasteiger partial charge in [-0.05, 0) is 41.5 Å². The highest BCUT2D eigenvalue weighted by Gasteiger charge is 2.25. The summed E-state index contributed by atoms with van der Waals surface area (Å²) in [4.78, 5) is 24.8. The summed E-state index contributed by atoms with van der Waals surface area (Å²) in [5.41, 5.74) is 2.81. The van der Waals surface area contributed by atoms with Crippen LogP contribution in [0.3, 0.4) is 0 Å². The summed E-state index contributed by atoms with van der Waals surface area (Å²) in [6.45, 7) is 0. The third-order valence-corrected chi connectivity index (χ3v) is 7.64. The molecule has 0 aliphatic carbocycles. The first-order valence-electron chi connectivity index (χ1n) is 12.5. The molecule has 9 nitrogen and oxygen atoms in total. The van der Waals surface area contributed by atoms with Crippen molar-refractivity contribution in [1.29, 1.82) is 0 Å². The predicted molar refractivity (Wildman–Crippen MR) is 160 cm³/mol. The molecule has 4 rings (SSSR count). The smallest absolute Gasteiger partial charge is 0.339 e. The van der Waals surface area contributed by atoms with Crippen LogP contribution < -0.4 is 9.62 Å². The number of carbonyl (C=O) groups excluding carboxylic acids is 2. The van der Waals surface area contributed by atoms with Gasteiger partial charge < -0.3 is 19.5 Å². The van der Waals surface area contributed by atoms with Crippen molar-refractivity contribution >= 4 is 62.6 Å². The summed E-state index contributed by atoms with van der Waals surface area (Å²) in [6, 6.07) is 23.8. The second kappa shape index (κ2) is 13.6. The third kappa shape index (κ3) is 6.68. The van der Waals surface area contributed by atoms with Gasteiger partial charge in [0.1, 0.15) is 6.04 Å².